The Morgan fingerprint density at radius 3 is 2.82 bits per heavy atom. The second kappa shape index (κ2) is 5.11. The Hall–Kier alpha value is -1.66. The molecule has 17 heavy (non-hydrogen) atoms. The Balaban J connectivity index is 2.07. The van der Waals surface area contributed by atoms with Crippen molar-refractivity contribution in [2.24, 2.45) is 5.84 Å². The summed E-state index contributed by atoms with van der Waals surface area (Å²) in [6, 6.07) is 3.65. The van der Waals surface area contributed by atoms with E-state index in [2.05, 4.69) is 5.43 Å². The molecule has 0 fully saturated rings. The van der Waals surface area contributed by atoms with Crippen molar-refractivity contribution in [3.63, 3.8) is 0 Å². The minimum absolute atomic E-state index is 0.251. The van der Waals surface area contributed by atoms with Crippen LogP contribution in [0.25, 0.3) is 0 Å². The molecule has 0 saturated carbocycles. The molecule has 2 rings (SSSR count). The lowest BCUT2D eigenvalue weighted by atomic mass is 10.3. The third kappa shape index (κ3) is 2.54. The van der Waals surface area contributed by atoms with Gasteiger partial charge in [-0.1, -0.05) is 0 Å². The number of nitrogen functional groups attached to an aromatic ring is 1. The number of aryl methyl sites for hydroxylation is 1. The molecule has 2 aromatic rings. The van der Waals surface area contributed by atoms with Crippen LogP contribution in [0.1, 0.15) is 21.9 Å². The zero-order valence-electron chi connectivity index (χ0n) is 9.23. The van der Waals surface area contributed by atoms with Crippen molar-refractivity contribution in [2.45, 2.75) is 17.6 Å². The van der Waals surface area contributed by atoms with Crippen LogP contribution in [0.15, 0.2) is 38.4 Å². The topological polar surface area (TPSA) is 81.4 Å². The number of furan rings is 2. The first-order chi connectivity index (χ1) is 8.22. The van der Waals surface area contributed by atoms with Crippen LogP contribution in [0.4, 0.5) is 0 Å². The van der Waals surface area contributed by atoms with Crippen molar-refractivity contribution < 1.29 is 13.6 Å². The molecular weight excluding hydrogens is 240 g/mol. The number of amides is 1. The van der Waals surface area contributed by atoms with E-state index in [0.29, 0.717) is 5.75 Å². The molecule has 0 unspecified atom stereocenters. The number of hydrogen-bond acceptors (Lipinski definition) is 5. The molecule has 0 aromatic carbocycles. The number of thioether (sulfide) groups is 1. The van der Waals surface area contributed by atoms with Gasteiger partial charge in [-0.05, 0) is 19.1 Å². The fraction of sp³-hybridized carbons (Fsp3) is 0.182. The number of hydrazine groups is 1. The number of rotatable bonds is 4. The van der Waals surface area contributed by atoms with Crippen molar-refractivity contribution in [3.05, 3.63) is 41.7 Å². The summed E-state index contributed by atoms with van der Waals surface area (Å²) in [6.07, 6.45) is 3.11. The van der Waals surface area contributed by atoms with Gasteiger partial charge in [0, 0.05) is 16.2 Å². The molecule has 0 bridgehead atoms. The third-order valence-electron chi connectivity index (χ3n) is 2.28. The average Bonchev–Trinajstić information content (AvgIpc) is 2.94. The fourth-order valence-electron chi connectivity index (χ4n) is 1.39. The maximum atomic E-state index is 11.4. The second-order valence-corrected chi connectivity index (χ2v) is 4.40. The number of nitrogens with one attached hydrogen (secondary N) is 1. The van der Waals surface area contributed by atoms with E-state index in [4.69, 9.17) is 14.7 Å². The van der Waals surface area contributed by atoms with Crippen molar-refractivity contribution in [1.82, 2.24) is 5.43 Å². The van der Waals surface area contributed by atoms with Crippen molar-refractivity contribution >= 4 is 17.7 Å². The van der Waals surface area contributed by atoms with Crippen LogP contribution in [0.2, 0.25) is 0 Å². The first kappa shape index (κ1) is 11.8. The maximum Gasteiger partial charge on any atom is 0.301 e. The Kier molecular flexibility index (Phi) is 3.55. The van der Waals surface area contributed by atoms with Gasteiger partial charge in [-0.3, -0.25) is 10.2 Å². The van der Waals surface area contributed by atoms with Gasteiger partial charge in [-0.25, -0.2) is 5.84 Å². The van der Waals surface area contributed by atoms with Crippen LogP contribution in [-0.2, 0) is 5.75 Å². The molecule has 2 aromatic heterocycles. The summed E-state index contributed by atoms with van der Waals surface area (Å²) in [7, 11) is 0. The van der Waals surface area contributed by atoms with Gasteiger partial charge in [0.25, 0.3) is 0 Å². The van der Waals surface area contributed by atoms with E-state index < -0.39 is 5.91 Å². The van der Waals surface area contributed by atoms with Gasteiger partial charge in [0.05, 0.1) is 12.5 Å². The highest BCUT2D eigenvalue weighted by Crippen LogP contribution is 2.28. The standard InChI is InChI=1S/C11H12N2O3S/c1-7-9(3-5-15-7)17-6-8-2-4-16-10(8)11(14)13-12/h2-5H,6,12H2,1H3,(H,13,14). The van der Waals surface area contributed by atoms with Gasteiger partial charge in [-0.2, -0.15) is 0 Å². The molecule has 5 nitrogen and oxygen atoms in total. The summed E-state index contributed by atoms with van der Waals surface area (Å²) in [6.45, 7) is 1.89. The molecular formula is C11H12N2O3S. The number of nitrogens with two attached hydrogens (primary N) is 1. The van der Waals surface area contributed by atoms with Gasteiger partial charge >= 0.3 is 5.91 Å². The molecule has 0 aliphatic rings. The quantitative estimate of drug-likeness (QED) is 0.377. The number of hydrogen-bond donors (Lipinski definition) is 2. The molecule has 0 aliphatic carbocycles. The smallest absolute Gasteiger partial charge is 0.301 e. The van der Waals surface area contributed by atoms with E-state index in [1.807, 2.05) is 13.0 Å². The van der Waals surface area contributed by atoms with Crippen molar-refractivity contribution in [2.75, 3.05) is 0 Å². The molecule has 0 saturated heterocycles. The first-order valence-electron chi connectivity index (χ1n) is 4.96. The highest BCUT2D eigenvalue weighted by atomic mass is 32.2. The van der Waals surface area contributed by atoms with Crippen molar-refractivity contribution in [3.8, 4) is 0 Å². The van der Waals surface area contributed by atoms with E-state index >= 15 is 0 Å². The largest absolute Gasteiger partial charge is 0.468 e. The summed E-state index contributed by atoms with van der Waals surface area (Å²) in [5.74, 6) is 6.38. The normalized spacial score (nSPS) is 10.5. The van der Waals surface area contributed by atoms with Gasteiger partial charge in [0.1, 0.15) is 5.76 Å². The summed E-state index contributed by atoms with van der Waals surface area (Å²) < 4.78 is 10.3. The van der Waals surface area contributed by atoms with Crippen LogP contribution in [0.5, 0.6) is 0 Å². The van der Waals surface area contributed by atoms with Crippen LogP contribution in [0, 0.1) is 6.92 Å². The molecule has 0 spiro atoms. The van der Waals surface area contributed by atoms with Crippen LogP contribution in [-0.4, -0.2) is 5.91 Å². The highest BCUT2D eigenvalue weighted by Gasteiger charge is 2.14. The Morgan fingerprint density at radius 1 is 1.41 bits per heavy atom. The van der Waals surface area contributed by atoms with E-state index in [0.717, 1.165) is 16.2 Å². The SMILES string of the molecule is Cc1occc1SCc1ccoc1C(=O)NN. The summed E-state index contributed by atoms with van der Waals surface area (Å²) >= 11 is 1.58. The van der Waals surface area contributed by atoms with Crippen molar-refractivity contribution in [1.29, 1.82) is 0 Å². The molecule has 2 heterocycles. The maximum absolute atomic E-state index is 11.4. The Bertz CT molecular complexity index is 518. The van der Waals surface area contributed by atoms with Gasteiger partial charge in [0.2, 0.25) is 0 Å². The van der Waals surface area contributed by atoms with Crippen LogP contribution in [0.3, 0.4) is 0 Å². The van der Waals surface area contributed by atoms with Gasteiger partial charge < -0.3 is 8.83 Å². The molecule has 1 amide bonds. The van der Waals surface area contributed by atoms with E-state index in [9.17, 15) is 4.79 Å². The summed E-state index contributed by atoms with van der Waals surface area (Å²) in [5.41, 5.74) is 2.86. The predicted octanol–water partition coefficient (Wildman–Crippen LogP) is 2.08. The van der Waals surface area contributed by atoms with E-state index in [1.165, 1.54) is 6.26 Å². The molecule has 0 radical (unpaired) electrons. The lowest BCUT2D eigenvalue weighted by molar-refractivity contribution is 0.0925. The van der Waals surface area contributed by atoms with Gasteiger partial charge in [0.15, 0.2) is 5.76 Å². The lowest BCUT2D eigenvalue weighted by Gasteiger charge is -2.01. The summed E-state index contributed by atoms with van der Waals surface area (Å²) in [4.78, 5) is 12.4. The summed E-state index contributed by atoms with van der Waals surface area (Å²) in [5, 5.41) is 0. The molecule has 0 aliphatic heterocycles. The van der Waals surface area contributed by atoms with E-state index in [-0.39, 0.29) is 5.76 Å². The van der Waals surface area contributed by atoms with Crippen LogP contribution >= 0.6 is 11.8 Å². The molecule has 3 N–H and O–H groups in total. The predicted molar refractivity (Wildman–Crippen MR) is 63.4 cm³/mol. The minimum atomic E-state index is -0.422. The van der Waals surface area contributed by atoms with Gasteiger partial charge in [-0.15, -0.1) is 11.8 Å². The fourth-order valence-corrected chi connectivity index (χ4v) is 2.33. The second-order valence-electron chi connectivity index (χ2n) is 3.38. The monoisotopic (exact) mass is 252 g/mol. The van der Waals surface area contributed by atoms with E-state index in [1.54, 1.807) is 24.1 Å². The minimum Gasteiger partial charge on any atom is -0.468 e. The Morgan fingerprint density at radius 2 is 2.18 bits per heavy atom. The highest BCUT2D eigenvalue weighted by molar-refractivity contribution is 7.98. The average molecular weight is 252 g/mol. The molecule has 90 valence electrons. The number of carbonyl (C=O) groups excluding carboxylic acids is 1. The lowest BCUT2D eigenvalue weighted by Crippen LogP contribution is -2.30. The zero-order valence-corrected chi connectivity index (χ0v) is 10.0. The molecule has 0 atom stereocenters. The Labute approximate surface area is 102 Å². The first-order valence-corrected chi connectivity index (χ1v) is 5.95. The third-order valence-corrected chi connectivity index (χ3v) is 3.47. The van der Waals surface area contributed by atoms with Crippen LogP contribution < -0.4 is 11.3 Å². The number of carbonyl (C=O) groups is 1. The zero-order chi connectivity index (χ0) is 12.3. The molecule has 6 heteroatoms.